The Morgan fingerprint density at radius 2 is 0.917 bits per heavy atom. The van der Waals surface area contributed by atoms with Crippen LogP contribution in [-0.4, -0.2) is 24.9 Å². The highest BCUT2D eigenvalue weighted by atomic mass is 16.1. The van der Waals surface area contributed by atoms with Gasteiger partial charge in [0.25, 0.3) is 0 Å². The molecule has 6 nitrogen and oxygen atoms in total. The molecule has 0 bridgehead atoms. The van der Waals surface area contributed by atoms with Gasteiger partial charge in [-0.2, -0.15) is 0 Å². The minimum Gasteiger partial charge on any atom is -0.370 e. The minimum atomic E-state index is -0.223. The van der Waals surface area contributed by atoms with E-state index in [0.717, 1.165) is 63.5 Å². The molecule has 0 aromatic carbocycles. The summed E-state index contributed by atoms with van der Waals surface area (Å²) in [5, 5.41) is 0. The first-order chi connectivity index (χ1) is 11.5. The first-order valence-electron chi connectivity index (χ1n) is 9.46. The summed E-state index contributed by atoms with van der Waals surface area (Å²) < 4.78 is 0. The van der Waals surface area contributed by atoms with Gasteiger partial charge in [0.15, 0.2) is 0 Å². The molecule has 1 aliphatic carbocycles. The predicted octanol–water partition coefficient (Wildman–Crippen LogP) is 1.79. The predicted molar refractivity (Wildman–Crippen MR) is 98.9 cm³/mol. The lowest BCUT2D eigenvalue weighted by atomic mass is 9.82. The minimum absolute atomic E-state index is 0.223. The van der Waals surface area contributed by atoms with E-state index < -0.39 is 0 Å². The molecule has 0 radical (unpaired) electrons. The van der Waals surface area contributed by atoms with Gasteiger partial charge in [-0.3, -0.25) is 9.59 Å². The van der Waals surface area contributed by atoms with E-state index in [2.05, 4.69) is 0 Å². The summed E-state index contributed by atoms with van der Waals surface area (Å²) >= 11 is 0. The van der Waals surface area contributed by atoms with Crippen LogP contribution in [0.4, 0.5) is 0 Å². The number of carbonyl (C=O) groups is 2. The number of nitrogens with two attached hydrogens (primary N) is 4. The molecule has 0 aliphatic heterocycles. The molecule has 1 aliphatic rings. The Kier molecular flexibility index (Phi) is 14.7. The fourth-order valence-electron chi connectivity index (χ4n) is 3.01. The smallest absolute Gasteiger partial charge is 0.217 e. The zero-order valence-corrected chi connectivity index (χ0v) is 15.2. The highest BCUT2D eigenvalue weighted by Gasteiger charge is 2.18. The van der Waals surface area contributed by atoms with E-state index >= 15 is 0 Å². The van der Waals surface area contributed by atoms with E-state index in [4.69, 9.17) is 22.9 Å². The average Bonchev–Trinajstić information content (AvgIpc) is 2.57. The van der Waals surface area contributed by atoms with Crippen molar-refractivity contribution >= 4 is 11.8 Å². The molecule has 0 atom stereocenters. The number of amides is 2. The normalized spacial score (nSPS) is 20.1. The van der Waals surface area contributed by atoms with Gasteiger partial charge >= 0.3 is 0 Å². The number of unbranched alkanes of at least 4 members (excludes halogenated alkanes) is 5. The number of rotatable bonds is 11. The van der Waals surface area contributed by atoms with Crippen molar-refractivity contribution in [2.75, 3.05) is 13.1 Å². The summed E-state index contributed by atoms with van der Waals surface area (Å²) in [6.07, 6.45) is 12.2. The van der Waals surface area contributed by atoms with Gasteiger partial charge in [0, 0.05) is 12.8 Å². The summed E-state index contributed by atoms with van der Waals surface area (Å²) in [6, 6.07) is 0. The second-order valence-corrected chi connectivity index (χ2v) is 6.91. The van der Waals surface area contributed by atoms with Crippen LogP contribution in [0, 0.1) is 11.8 Å². The first kappa shape index (κ1) is 22.9. The highest BCUT2D eigenvalue weighted by Crippen LogP contribution is 2.26. The number of carbonyl (C=O) groups excluding carboxylic acids is 2. The Bertz CT molecular complexity index is 297. The molecule has 8 N–H and O–H groups in total. The molecule has 2 amide bonds. The Labute approximate surface area is 147 Å². The third-order valence-corrected chi connectivity index (χ3v) is 4.73. The lowest BCUT2D eigenvalue weighted by molar-refractivity contribution is -0.119. The van der Waals surface area contributed by atoms with Crippen LogP contribution in [0.1, 0.15) is 77.0 Å². The Hall–Kier alpha value is -1.14. The third-order valence-electron chi connectivity index (χ3n) is 4.73. The van der Waals surface area contributed by atoms with E-state index in [1.165, 1.54) is 25.7 Å². The summed E-state index contributed by atoms with van der Waals surface area (Å²) in [5.41, 5.74) is 21.1. The van der Waals surface area contributed by atoms with Crippen molar-refractivity contribution in [2.45, 2.75) is 77.0 Å². The van der Waals surface area contributed by atoms with Crippen LogP contribution < -0.4 is 22.9 Å². The molecule has 0 spiro atoms. The third kappa shape index (κ3) is 14.5. The maximum atomic E-state index is 10.4. The zero-order valence-electron chi connectivity index (χ0n) is 15.2. The number of hydrogen-bond donors (Lipinski definition) is 4. The van der Waals surface area contributed by atoms with Crippen LogP contribution in [0.5, 0.6) is 0 Å². The summed E-state index contributed by atoms with van der Waals surface area (Å²) in [7, 11) is 0. The lowest BCUT2D eigenvalue weighted by Crippen LogP contribution is -2.25. The molecular weight excluding hydrogens is 304 g/mol. The first-order valence-corrected chi connectivity index (χ1v) is 9.46. The molecule has 1 fully saturated rings. The van der Waals surface area contributed by atoms with Crippen molar-refractivity contribution in [2.24, 2.45) is 34.8 Å². The number of primary amides is 2. The fourth-order valence-corrected chi connectivity index (χ4v) is 3.01. The van der Waals surface area contributed by atoms with Crippen molar-refractivity contribution in [3.63, 3.8) is 0 Å². The van der Waals surface area contributed by atoms with E-state index in [-0.39, 0.29) is 11.8 Å². The molecule has 1 rings (SSSR count). The van der Waals surface area contributed by atoms with Gasteiger partial charge in [-0.1, -0.05) is 25.7 Å². The molecule has 0 aromatic rings. The van der Waals surface area contributed by atoms with E-state index in [1.807, 2.05) is 0 Å². The summed E-state index contributed by atoms with van der Waals surface area (Å²) in [6.45, 7) is 1.74. The molecule has 0 saturated heterocycles. The second-order valence-electron chi connectivity index (χ2n) is 6.91. The maximum absolute atomic E-state index is 10.4. The maximum Gasteiger partial charge on any atom is 0.217 e. The van der Waals surface area contributed by atoms with Crippen molar-refractivity contribution in [3.05, 3.63) is 0 Å². The van der Waals surface area contributed by atoms with Gasteiger partial charge in [-0.25, -0.2) is 0 Å². The topological polar surface area (TPSA) is 138 Å². The highest BCUT2D eigenvalue weighted by molar-refractivity contribution is 5.73. The quantitative estimate of drug-likeness (QED) is 0.425. The second kappa shape index (κ2) is 15.4. The van der Waals surface area contributed by atoms with E-state index in [1.54, 1.807) is 0 Å². The molecule has 0 unspecified atom stereocenters. The molecule has 24 heavy (non-hydrogen) atoms. The fraction of sp³-hybridized carbons (Fsp3) is 0.889. The zero-order chi connectivity index (χ0) is 18.2. The monoisotopic (exact) mass is 342 g/mol. The molecule has 0 aromatic heterocycles. The largest absolute Gasteiger partial charge is 0.370 e. The Morgan fingerprint density at radius 3 is 1.17 bits per heavy atom. The Morgan fingerprint density at radius 1 is 0.625 bits per heavy atom. The van der Waals surface area contributed by atoms with Gasteiger partial charge in [0.2, 0.25) is 11.8 Å². The van der Waals surface area contributed by atoms with Crippen LogP contribution in [0.15, 0.2) is 0 Å². The Balaban J connectivity index is 0.000000463. The van der Waals surface area contributed by atoms with Crippen LogP contribution in [0.25, 0.3) is 0 Å². The van der Waals surface area contributed by atoms with E-state index in [9.17, 15) is 9.59 Å². The van der Waals surface area contributed by atoms with Gasteiger partial charge in [-0.05, 0) is 63.5 Å². The van der Waals surface area contributed by atoms with Gasteiger partial charge < -0.3 is 22.9 Å². The van der Waals surface area contributed by atoms with Crippen molar-refractivity contribution in [3.8, 4) is 0 Å². The van der Waals surface area contributed by atoms with Gasteiger partial charge in [0.1, 0.15) is 0 Å². The van der Waals surface area contributed by atoms with Crippen LogP contribution in [-0.2, 0) is 9.59 Å². The van der Waals surface area contributed by atoms with Crippen LogP contribution in [0.3, 0.4) is 0 Å². The average molecular weight is 343 g/mol. The summed E-state index contributed by atoms with van der Waals surface area (Å²) in [5.74, 6) is 1.14. The standard InChI is InChI=1S/C10H20N2O2.C8H18N2/c11-9(13)7-5-3-1-2-4-6-8-10(12)14;9-5-7-1-2-8(6-10)4-3-7/h1-8H2,(H2,11,13)(H2,12,14);7-8H,1-6,9-10H2. The summed E-state index contributed by atoms with van der Waals surface area (Å²) in [4.78, 5) is 20.8. The SMILES string of the molecule is NC(=O)CCCCCCCCC(N)=O.NCC1CCC(CN)CC1. The molecule has 142 valence electrons. The number of hydrogen-bond acceptors (Lipinski definition) is 4. The van der Waals surface area contributed by atoms with Crippen molar-refractivity contribution in [1.29, 1.82) is 0 Å². The molecular formula is C18H38N4O2. The van der Waals surface area contributed by atoms with Gasteiger partial charge in [0.05, 0.1) is 0 Å². The van der Waals surface area contributed by atoms with Crippen molar-refractivity contribution in [1.82, 2.24) is 0 Å². The molecule has 6 heteroatoms. The van der Waals surface area contributed by atoms with E-state index in [0.29, 0.717) is 12.8 Å². The lowest BCUT2D eigenvalue weighted by Gasteiger charge is -2.26. The van der Waals surface area contributed by atoms with Gasteiger partial charge in [-0.15, -0.1) is 0 Å². The van der Waals surface area contributed by atoms with Crippen LogP contribution >= 0.6 is 0 Å². The van der Waals surface area contributed by atoms with Crippen LogP contribution in [0.2, 0.25) is 0 Å². The van der Waals surface area contributed by atoms with Crippen molar-refractivity contribution < 1.29 is 9.59 Å². The molecule has 0 heterocycles. The molecule has 1 saturated carbocycles.